The van der Waals surface area contributed by atoms with E-state index in [2.05, 4.69) is 10.1 Å². The molecule has 1 aromatic carbocycles. The Labute approximate surface area is 140 Å². The van der Waals surface area contributed by atoms with Crippen LogP contribution in [0, 0.1) is 0 Å². The maximum atomic E-state index is 12.9. The molecule has 24 heavy (non-hydrogen) atoms. The number of aliphatic hydroxyl groups is 1. The lowest BCUT2D eigenvalue weighted by Crippen LogP contribution is -2.37. The molecule has 0 fully saturated rings. The first-order valence-electron chi connectivity index (χ1n) is 7.97. The molecule has 0 bridgehead atoms. The zero-order valence-electron chi connectivity index (χ0n) is 13.8. The molecule has 0 saturated heterocycles. The number of hydrogen-bond donors (Lipinski definition) is 1. The molecule has 0 spiro atoms. The van der Waals surface area contributed by atoms with Crippen molar-refractivity contribution in [1.29, 1.82) is 0 Å². The number of pyridine rings is 1. The van der Waals surface area contributed by atoms with Gasteiger partial charge in [-0.3, -0.25) is 4.79 Å². The number of para-hydroxylation sites is 1. The molecule has 0 aliphatic carbocycles. The number of carbonyl (C=O) groups is 1. The minimum absolute atomic E-state index is 0.214. The summed E-state index contributed by atoms with van der Waals surface area (Å²) in [6, 6.07) is 11.4. The van der Waals surface area contributed by atoms with Gasteiger partial charge < -0.3 is 10.0 Å². The van der Waals surface area contributed by atoms with Gasteiger partial charge in [0.15, 0.2) is 5.69 Å². The summed E-state index contributed by atoms with van der Waals surface area (Å²) in [5, 5.41) is 15.0. The topological polar surface area (TPSA) is 71.2 Å². The van der Waals surface area contributed by atoms with Crippen molar-refractivity contribution in [3.63, 3.8) is 0 Å². The minimum atomic E-state index is -0.591. The monoisotopic (exact) mass is 324 g/mol. The fourth-order valence-corrected chi connectivity index (χ4v) is 2.72. The molecule has 2 heterocycles. The van der Waals surface area contributed by atoms with E-state index in [-0.39, 0.29) is 12.5 Å². The maximum absolute atomic E-state index is 12.9. The van der Waals surface area contributed by atoms with Gasteiger partial charge in [0.25, 0.3) is 5.91 Å². The Morgan fingerprint density at radius 2 is 2.08 bits per heavy atom. The summed E-state index contributed by atoms with van der Waals surface area (Å²) >= 11 is 0. The van der Waals surface area contributed by atoms with E-state index in [9.17, 15) is 9.90 Å². The van der Waals surface area contributed by atoms with Crippen molar-refractivity contribution in [2.24, 2.45) is 0 Å². The Morgan fingerprint density at radius 1 is 1.29 bits per heavy atom. The van der Waals surface area contributed by atoms with Crippen LogP contribution in [0.1, 0.15) is 24.3 Å². The molecule has 0 unspecified atom stereocenters. The highest BCUT2D eigenvalue weighted by Crippen LogP contribution is 2.20. The van der Waals surface area contributed by atoms with Gasteiger partial charge in [0, 0.05) is 24.7 Å². The molecule has 2 aromatic heterocycles. The van der Waals surface area contributed by atoms with Crippen LogP contribution in [0.3, 0.4) is 0 Å². The zero-order valence-corrected chi connectivity index (χ0v) is 13.8. The first kappa shape index (κ1) is 16.1. The van der Waals surface area contributed by atoms with Crippen LogP contribution in [0.5, 0.6) is 0 Å². The quantitative estimate of drug-likeness (QED) is 0.781. The number of hydrogen-bond acceptors (Lipinski definition) is 4. The average Bonchev–Trinajstić information content (AvgIpc) is 3.03. The third-order valence-electron chi connectivity index (χ3n) is 3.85. The van der Waals surface area contributed by atoms with Gasteiger partial charge in [-0.05, 0) is 32.0 Å². The Hall–Kier alpha value is -2.73. The van der Waals surface area contributed by atoms with Crippen molar-refractivity contribution in [3.05, 3.63) is 54.5 Å². The van der Waals surface area contributed by atoms with Crippen molar-refractivity contribution < 1.29 is 9.90 Å². The maximum Gasteiger partial charge on any atom is 0.274 e. The second-order valence-electron chi connectivity index (χ2n) is 5.68. The van der Waals surface area contributed by atoms with E-state index in [1.165, 1.54) is 0 Å². The van der Waals surface area contributed by atoms with Gasteiger partial charge in [0.2, 0.25) is 0 Å². The van der Waals surface area contributed by atoms with Crippen molar-refractivity contribution in [1.82, 2.24) is 19.7 Å². The highest BCUT2D eigenvalue weighted by atomic mass is 16.3. The van der Waals surface area contributed by atoms with Crippen LogP contribution in [0.25, 0.3) is 16.6 Å². The van der Waals surface area contributed by atoms with Crippen molar-refractivity contribution >= 4 is 16.8 Å². The van der Waals surface area contributed by atoms with Crippen LogP contribution in [-0.4, -0.2) is 49.9 Å². The number of aromatic nitrogens is 3. The van der Waals surface area contributed by atoms with E-state index in [4.69, 9.17) is 0 Å². The molecule has 0 aliphatic rings. The predicted molar refractivity (Wildman–Crippen MR) is 92.1 cm³/mol. The van der Waals surface area contributed by atoms with Gasteiger partial charge in [-0.1, -0.05) is 18.2 Å². The smallest absolute Gasteiger partial charge is 0.274 e. The molecule has 0 saturated carbocycles. The predicted octanol–water partition coefficient (Wildman–Crippen LogP) is 2.26. The minimum Gasteiger partial charge on any atom is -0.392 e. The number of carbonyl (C=O) groups excluding carboxylic acids is 1. The van der Waals surface area contributed by atoms with Gasteiger partial charge in [0.1, 0.15) is 0 Å². The number of benzene rings is 1. The summed E-state index contributed by atoms with van der Waals surface area (Å²) < 4.78 is 1.73. The molecule has 1 amide bonds. The largest absolute Gasteiger partial charge is 0.392 e. The average molecular weight is 324 g/mol. The van der Waals surface area contributed by atoms with E-state index in [0.717, 1.165) is 10.9 Å². The van der Waals surface area contributed by atoms with Crippen molar-refractivity contribution in [2.45, 2.75) is 20.0 Å². The fourth-order valence-electron chi connectivity index (χ4n) is 2.72. The molecule has 6 nitrogen and oxygen atoms in total. The van der Waals surface area contributed by atoms with Gasteiger partial charge in [-0.15, -0.1) is 0 Å². The first-order chi connectivity index (χ1) is 11.6. The van der Waals surface area contributed by atoms with Crippen molar-refractivity contribution in [2.75, 3.05) is 13.1 Å². The van der Waals surface area contributed by atoms with Crippen LogP contribution in [0.2, 0.25) is 0 Å². The molecule has 6 heteroatoms. The lowest BCUT2D eigenvalue weighted by Gasteiger charge is -2.23. The summed E-state index contributed by atoms with van der Waals surface area (Å²) in [7, 11) is 0. The number of fused-ring (bicyclic) bond motifs is 1. The molecule has 124 valence electrons. The molecule has 3 rings (SSSR count). The third-order valence-corrected chi connectivity index (χ3v) is 3.85. The van der Waals surface area contributed by atoms with Crippen LogP contribution < -0.4 is 0 Å². The standard InChI is InChI=1S/C18H20N4O2/c1-3-21(12-13(2)23)18(24)17-16(9-6-10-19-17)22-15-8-5-4-7-14(15)11-20-22/h4-11,13,23H,3,12H2,1-2H3/t13-/m1/s1. The van der Waals surface area contributed by atoms with Crippen molar-refractivity contribution in [3.8, 4) is 5.69 Å². The number of rotatable bonds is 5. The Kier molecular flexibility index (Phi) is 4.57. The van der Waals surface area contributed by atoms with E-state index in [0.29, 0.717) is 17.9 Å². The molecule has 1 atom stereocenters. The number of amides is 1. The van der Waals surface area contributed by atoms with Gasteiger partial charge in [0.05, 0.1) is 23.5 Å². The van der Waals surface area contributed by atoms with Gasteiger partial charge in [-0.2, -0.15) is 5.10 Å². The van der Waals surface area contributed by atoms with Crippen LogP contribution in [0.15, 0.2) is 48.8 Å². The molecular formula is C18H20N4O2. The normalized spacial score (nSPS) is 12.3. The highest BCUT2D eigenvalue weighted by Gasteiger charge is 2.22. The molecular weight excluding hydrogens is 304 g/mol. The van der Waals surface area contributed by atoms with E-state index in [1.54, 1.807) is 35.0 Å². The SMILES string of the molecule is CCN(C[C@@H](C)O)C(=O)c1ncccc1-n1ncc2ccccc21. The Balaban J connectivity index is 2.07. The second kappa shape index (κ2) is 6.80. The summed E-state index contributed by atoms with van der Waals surface area (Å²) in [4.78, 5) is 18.7. The Bertz CT molecular complexity index is 857. The van der Waals surface area contributed by atoms with E-state index in [1.807, 2.05) is 37.3 Å². The van der Waals surface area contributed by atoms with E-state index < -0.39 is 6.10 Å². The zero-order chi connectivity index (χ0) is 17.1. The van der Waals surface area contributed by atoms with E-state index >= 15 is 0 Å². The van der Waals surface area contributed by atoms with Crippen LogP contribution in [0.4, 0.5) is 0 Å². The number of likely N-dealkylation sites (N-methyl/N-ethyl adjacent to an activating group) is 1. The second-order valence-corrected chi connectivity index (χ2v) is 5.68. The lowest BCUT2D eigenvalue weighted by molar-refractivity contribution is 0.0654. The summed E-state index contributed by atoms with van der Waals surface area (Å²) in [6.45, 7) is 4.31. The molecule has 3 aromatic rings. The highest BCUT2D eigenvalue weighted by molar-refractivity contribution is 5.96. The summed E-state index contributed by atoms with van der Waals surface area (Å²) in [6.07, 6.45) is 2.77. The molecule has 0 aliphatic heterocycles. The number of nitrogens with zero attached hydrogens (tertiary/aromatic N) is 4. The Morgan fingerprint density at radius 3 is 2.83 bits per heavy atom. The van der Waals surface area contributed by atoms with Gasteiger partial charge >= 0.3 is 0 Å². The van der Waals surface area contributed by atoms with Crippen LogP contribution >= 0.6 is 0 Å². The fraction of sp³-hybridized carbons (Fsp3) is 0.278. The first-order valence-corrected chi connectivity index (χ1v) is 7.97. The van der Waals surface area contributed by atoms with Gasteiger partial charge in [-0.25, -0.2) is 9.67 Å². The molecule has 0 radical (unpaired) electrons. The third kappa shape index (κ3) is 3.00. The summed E-state index contributed by atoms with van der Waals surface area (Å²) in [5.74, 6) is -0.214. The summed E-state index contributed by atoms with van der Waals surface area (Å²) in [5.41, 5.74) is 1.87. The lowest BCUT2D eigenvalue weighted by atomic mass is 10.2. The van der Waals surface area contributed by atoms with Crippen LogP contribution in [-0.2, 0) is 0 Å². The molecule has 1 N–H and O–H groups in total. The number of aliphatic hydroxyl groups excluding tert-OH is 1.